The number of carboxylic acids is 1. The Morgan fingerprint density at radius 1 is 1.05 bits per heavy atom. The highest BCUT2D eigenvalue weighted by Crippen LogP contribution is 2.13. The zero-order valence-electron chi connectivity index (χ0n) is 10.7. The summed E-state index contributed by atoms with van der Waals surface area (Å²) in [6, 6.07) is 6.29. The Labute approximate surface area is 114 Å². The van der Waals surface area contributed by atoms with Gasteiger partial charge in [-0.2, -0.15) is 0 Å². The van der Waals surface area contributed by atoms with Gasteiger partial charge < -0.3 is 19.9 Å². The summed E-state index contributed by atoms with van der Waals surface area (Å²) >= 11 is 0. The zero-order chi connectivity index (χ0) is 15.0. The van der Waals surface area contributed by atoms with E-state index in [-0.39, 0.29) is 6.61 Å². The van der Waals surface area contributed by atoms with Crippen molar-refractivity contribution >= 4 is 29.3 Å². The third kappa shape index (κ3) is 5.83. The van der Waals surface area contributed by atoms with Gasteiger partial charge in [0.1, 0.15) is 13.2 Å². The number of ether oxygens (including phenoxy) is 2. The van der Waals surface area contributed by atoms with Crippen molar-refractivity contribution < 1.29 is 29.0 Å². The third-order valence-electron chi connectivity index (χ3n) is 2.06. The molecule has 0 radical (unpaired) electrons. The standard InChI is InChI=1S/C12H14N2O6/c1-19-12(18)14-9-4-2-8(3-5-9)13-10(15)6-20-7-11(16)17/h2-5H,6-7H2,1H3,(H,13,15)(H,14,18)(H,16,17). The van der Waals surface area contributed by atoms with Gasteiger partial charge in [0, 0.05) is 11.4 Å². The second-order valence-electron chi connectivity index (χ2n) is 3.63. The van der Waals surface area contributed by atoms with Crippen LogP contribution < -0.4 is 10.6 Å². The Bertz CT molecular complexity index is 485. The Morgan fingerprint density at radius 2 is 1.60 bits per heavy atom. The quantitative estimate of drug-likeness (QED) is 0.714. The Hall–Kier alpha value is -2.61. The molecule has 0 heterocycles. The molecule has 20 heavy (non-hydrogen) atoms. The molecule has 0 aliphatic carbocycles. The van der Waals surface area contributed by atoms with Crippen LogP contribution in [0.25, 0.3) is 0 Å². The lowest BCUT2D eigenvalue weighted by atomic mass is 10.3. The van der Waals surface area contributed by atoms with Crippen LogP contribution in [-0.2, 0) is 19.1 Å². The van der Waals surface area contributed by atoms with E-state index >= 15 is 0 Å². The summed E-state index contributed by atoms with van der Waals surface area (Å²) in [5, 5.41) is 13.3. The topological polar surface area (TPSA) is 114 Å². The minimum absolute atomic E-state index is 0.353. The number of aliphatic carboxylic acids is 1. The molecule has 3 N–H and O–H groups in total. The molecule has 0 unspecified atom stereocenters. The molecular formula is C12H14N2O6. The lowest BCUT2D eigenvalue weighted by Crippen LogP contribution is -2.20. The van der Waals surface area contributed by atoms with Crippen molar-refractivity contribution in [3.63, 3.8) is 0 Å². The van der Waals surface area contributed by atoms with Crippen LogP contribution in [0.5, 0.6) is 0 Å². The third-order valence-corrected chi connectivity index (χ3v) is 2.06. The number of benzene rings is 1. The van der Waals surface area contributed by atoms with Gasteiger partial charge in [0.05, 0.1) is 7.11 Å². The number of amides is 2. The van der Waals surface area contributed by atoms with Crippen LogP contribution in [0.15, 0.2) is 24.3 Å². The molecule has 0 atom stereocenters. The van der Waals surface area contributed by atoms with E-state index in [4.69, 9.17) is 5.11 Å². The summed E-state index contributed by atoms with van der Waals surface area (Å²) in [7, 11) is 1.25. The zero-order valence-corrected chi connectivity index (χ0v) is 10.7. The number of rotatable bonds is 6. The predicted octanol–water partition coefficient (Wildman–Crippen LogP) is 0.905. The van der Waals surface area contributed by atoms with Crippen molar-refractivity contribution in [2.75, 3.05) is 31.0 Å². The number of carboxylic acid groups (broad SMARTS) is 1. The molecule has 1 aromatic rings. The second-order valence-corrected chi connectivity index (χ2v) is 3.63. The van der Waals surface area contributed by atoms with E-state index in [9.17, 15) is 14.4 Å². The minimum Gasteiger partial charge on any atom is -0.480 e. The number of methoxy groups -OCH3 is 1. The second kappa shape index (κ2) is 7.74. The fraction of sp³-hybridized carbons (Fsp3) is 0.250. The Morgan fingerprint density at radius 3 is 2.10 bits per heavy atom. The highest BCUT2D eigenvalue weighted by Gasteiger charge is 2.05. The van der Waals surface area contributed by atoms with E-state index in [2.05, 4.69) is 20.1 Å². The molecule has 0 aliphatic heterocycles. The highest BCUT2D eigenvalue weighted by atomic mass is 16.5. The number of carbonyl (C=O) groups is 3. The lowest BCUT2D eigenvalue weighted by molar-refractivity contribution is -0.143. The van der Waals surface area contributed by atoms with Gasteiger partial charge in [-0.25, -0.2) is 9.59 Å². The van der Waals surface area contributed by atoms with Gasteiger partial charge >= 0.3 is 12.1 Å². The molecule has 0 saturated carbocycles. The fourth-order valence-electron chi connectivity index (χ4n) is 1.23. The molecule has 1 rings (SSSR count). The van der Waals surface area contributed by atoms with Crippen LogP contribution >= 0.6 is 0 Å². The maximum Gasteiger partial charge on any atom is 0.411 e. The number of carbonyl (C=O) groups excluding carboxylic acids is 2. The summed E-state index contributed by atoms with van der Waals surface area (Å²) in [5.41, 5.74) is 1.00. The lowest BCUT2D eigenvalue weighted by Gasteiger charge is -2.07. The van der Waals surface area contributed by atoms with Crippen molar-refractivity contribution in [2.24, 2.45) is 0 Å². The summed E-state index contributed by atoms with van der Waals surface area (Å²) in [6.45, 7) is -0.885. The Balaban J connectivity index is 2.42. The van der Waals surface area contributed by atoms with Crippen molar-refractivity contribution in [1.82, 2.24) is 0 Å². The van der Waals surface area contributed by atoms with Crippen LogP contribution in [0.3, 0.4) is 0 Å². The molecule has 8 nitrogen and oxygen atoms in total. The van der Waals surface area contributed by atoms with Crippen molar-refractivity contribution in [2.45, 2.75) is 0 Å². The number of anilines is 2. The van der Waals surface area contributed by atoms with Crippen LogP contribution in [0.4, 0.5) is 16.2 Å². The summed E-state index contributed by atoms with van der Waals surface area (Å²) in [6.07, 6.45) is -0.594. The Kier molecular flexibility index (Phi) is 5.98. The normalized spacial score (nSPS) is 9.65. The van der Waals surface area contributed by atoms with Gasteiger partial charge in [0.25, 0.3) is 0 Å². The highest BCUT2D eigenvalue weighted by molar-refractivity contribution is 5.92. The average Bonchev–Trinajstić information content (AvgIpc) is 2.40. The molecule has 2 amide bonds. The van der Waals surface area contributed by atoms with Gasteiger partial charge in [-0.1, -0.05) is 0 Å². The van der Waals surface area contributed by atoms with Crippen molar-refractivity contribution in [3.05, 3.63) is 24.3 Å². The minimum atomic E-state index is -1.14. The maximum absolute atomic E-state index is 11.4. The van der Waals surface area contributed by atoms with Crippen LogP contribution in [0.2, 0.25) is 0 Å². The molecule has 108 valence electrons. The van der Waals surface area contributed by atoms with Gasteiger partial charge in [-0.15, -0.1) is 0 Å². The number of nitrogens with one attached hydrogen (secondary N) is 2. The summed E-state index contributed by atoms with van der Waals surface area (Å²) in [5.74, 6) is -1.61. The monoisotopic (exact) mass is 282 g/mol. The van der Waals surface area contributed by atoms with Gasteiger partial charge in [-0.05, 0) is 24.3 Å². The van der Waals surface area contributed by atoms with Crippen LogP contribution in [0, 0.1) is 0 Å². The van der Waals surface area contributed by atoms with E-state index in [0.717, 1.165) is 0 Å². The largest absolute Gasteiger partial charge is 0.480 e. The number of hydrogen-bond donors (Lipinski definition) is 3. The van der Waals surface area contributed by atoms with Crippen LogP contribution in [0.1, 0.15) is 0 Å². The first-order valence-electron chi connectivity index (χ1n) is 5.55. The van der Waals surface area contributed by atoms with Gasteiger partial charge in [0.15, 0.2) is 0 Å². The first-order chi connectivity index (χ1) is 9.51. The van der Waals surface area contributed by atoms with Crippen LogP contribution in [-0.4, -0.2) is 43.4 Å². The first-order valence-corrected chi connectivity index (χ1v) is 5.55. The first kappa shape index (κ1) is 15.4. The van der Waals surface area contributed by atoms with E-state index in [1.165, 1.54) is 7.11 Å². The molecule has 0 fully saturated rings. The van der Waals surface area contributed by atoms with Gasteiger partial charge in [-0.3, -0.25) is 10.1 Å². The predicted molar refractivity (Wildman–Crippen MR) is 69.6 cm³/mol. The van der Waals surface area contributed by atoms with Gasteiger partial charge in [0.2, 0.25) is 5.91 Å². The smallest absolute Gasteiger partial charge is 0.411 e. The molecule has 0 aromatic heterocycles. The average molecular weight is 282 g/mol. The SMILES string of the molecule is COC(=O)Nc1ccc(NC(=O)COCC(=O)O)cc1. The van der Waals surface area contributed by atoms with Crippen molar-refractivity contribution in [1.29, 1.82) is 0 Å². The molecular weight excluding hydrogens is 268 g/mol. The number of hydrogen-bond acceptors (Lipinski definition) is 5. The molecule has 1 aromatic carbocycles. The van der Waals surface area contributed by atoms with E-state index in [0.29, 0.717) is 11.4 Å². The van der Waals surface area contributed by atoms with E-state index in [1.807, 2.05) is 0 Å². The van der Waals surface area contributed by atoms with E-state index in [1.54, 1.807) is 24.3 Å². The summed E-state index contributed by atoms with van der Waals surface area (Å²) in [4.78, 5) is 32.5. The summed E-state index contributed by atoms with van der Waals surface area (Å²) < 4.78 is 9.06. The molecule has 0 saturated heterocycles. The van der Waals surface area contributed by atoms with E-state index < -0.39 is 24.6 Å². The molecule has 8 heteroatoms. The van der Waals surface area contributed by atoms with Crippen molar-refractivity contribution in [3.8, 4) is 0 Å². The molecule has 0 aliphatic rings. The molecule has 0 spiro atoms. The molecule has 0 bridgehead atoms. The maximum atomic E-state index is 11.4. The fourth-order valence-corrected chi connectivity index (χ4v) is 1.23.